The summed E-state index contributed by atoms with van der Waals surface area (Å²) in [6.07, 6.45) is 0.180. The first-order valence-corrected chi connectivity index (χ1v) is 6.57. The summed E-state index contributed by atoms with van der Waals surface area (Å²) in [5.41, 5.74) is 4.24. The second kappa shape index (κ2) is 7.14. The molecule has 19 heavy (non-hydrogen) atoms. The van der Waals surface area contributed by atoms with Gasteiger partial charge >= 0.3 is 0 Å². The molecule has 104 valence electrons. The molecule has 0 aliphatic carbocycles. The number of halogens is 1. The quantitative estimate of drug-likeness (QED) is 0.665. The number of carbonyl (C=O) groups is 1. The highest BCUT2D eigenvalue weighted by molar-refractivity contribution is 6.30. The molecule has 1 atom stereocenters. The number of amides is 1. The standard InChI is InChI=1S/C14H19ClN2O2/c1-5-10(3)16-17-14(18)11(4)19-13-7-6-12(15)8-9(13)2/h6-8,11H,5H2,1-4H3,(H,17,18)/b16-10+/t11-/m0/s1. The Kier molecular flexibility index (Phi) is 5.83. The van der Waals surface area contributed by atoms with Crippen LogP contribution in [0.5, 0.6) is 5.75 Å². The molecule has 0 aromatic heterocycles. The molecular formula is C14H19ClN2O2. The zero-order chi connectivity index (χ0) is 14.4. The van der Waals surface area contributed by atoms with E-state index in [0.29, 0.717) is 10.8 Å². The van der Waals surface area contributed by atoms with Gasteiger partial charge in [0.1, 0.15) is 5.75 Å². The summed E-state index contributed by atoms with van der Waals surface area (Å²) < 4.78 is 5.59. The van der Waals surface area contributed by atoms with Crippen LogP contribution < -0.4 is 10.2 Å². The molecule has 0 unspecified atom stereocenters. The molecule has 1 amide bonds. The highest BCUT2D eigenvalue weighted by atomic mass is 35.5. The minimum absolute atomic E-state index is 0.276. The van der Waals surface area contributed by atoms with Gasteiger partial charge < -0.3 is 4.74 Å². The van der Waals surface area contributed by atoms with E-state index in [0.717, 1.165) is 17.7 Å². The Morgan fingerprint density at radius 1 is 1.53 bits per heavy atom. The van der Waals surface area contributed by atoms with E-state index in [1.165, 1.54) is 0 Å². The van der Waals surface area contributed by atoms with Crippen molar-refractivity contribution in [1.82, 2.24) is 5.43 Å². The van der Waals surface area contributed by atoms with Gasteiger partial charge in [-0.1, -0.05) is 18.5 Å². The Hall–Kier alpha value is -1.55. The van der Waals surface area contributed by atoms with Crippen molar-refractivity contribution in [2.45, 2.75) is 40.2 Å². The lowest BCUT2D eigenvalue weighted by Crippen LogP contribution is -2.34. The normalized spacial score (nSPS) is 13.0. The number of ether oxygens (including phenoxy) is 1. The summed E-state index contributed by atoms with van der Waals surface area (Å²) in [7, 11) is 0. The fourth-order valence-corrected chi connectivity index (χ4v) is 1.54. The molecule has 0 aliphatic heterocycles. The molecule has 5 heteroatoms. The van der Waals surface area contributed by atoms with Crippen molar-refractivity contribution in [2.75, 3.05) is 0 Å². The maximum absolute atomic E-state index is 11.8. The first-order valence-electron chi connectivity index (χ1n) is 6.19. The van der Waals surface area contributed by atoms with Gasteiger partial charge in [-0.2, -0.15) is 5.10 Å². The van der Waals surface area contributed by atoms with Crippen LogP contribution in [0.15, 0.2) is 23.3 Å². The molecule has 0 fully saturated rings. The Balaban J connectivity index is 2.63. The number of carbonyl (C=O) groups excluding carboxylic acids is 1. The van der Waals surface area contributed by atoms with Crippen molar-refractivity contribution in [2.24, 2.45) is 5.10 Å². The topological polar surface area (TPSA) is 50.7 Å². The van der Waals surface area contributed by atoms with Crippen molar-refractivity contribution in [1.29, 1.82) is 0 Å². The summed E-state index contributed by atoms with van der Waals surface area (Å²) in [5.74, 6) is 0.366. The minimum atomic E-state index is -0.617. The third-order valence-electron chi connectivity index (χ3n) is 2.68. The number of benzene rings is 1. The molecule has 0 heterocycles. The monoisotopic (exact) mass is 282 g/mol. The van der Waals surface area contributed by atoms with Gasteiger partial charge in [0.15, 0.2) is 6.10 Å². The first kappa shape index (κ1) is 15.5. The number of aryl methyl sites for hydroxylation is 1. The van der Waals surface area contributed by atoms with Crippen LogP contribution >= 0.6 is 11.6 Å². The summed E-state index contributed by atoms with van der Waals surface area (Å²) in [4.78, 5) is 11.8. The molecule has 0 spiro atoms. The molecule has 0 saturated heterocycles. The minimum Gasteiger partial charge on any atom is -0.481 e. The van der Waals surface area contributed by atoms with Crippen molar-refractivity contribution in [3.63, 3.8) is 0 Å². The third kappa shape index (κ3) is 4.91. The maximum Gasteiger partial charge on any atom is 0.280 e. The molecule has 4 nitrogen and oxygen atoms in total. The predicted molar refractivity (Wildman–Crippen MR) is 77.8 cm³/mol. The lowest BCUT2D eigenvalue weighted by Gasteiger charge is -2.15. The number of hydrogen-bond acceptors (Lipinski definition) is 3. The fourth-order valence-electron chi connectivity index (χ4n) is 1.31. The molecule has 0 saturated carbocycles. The van der Waals surface area contributed by atoms with Gasteiger partial charge in [0, 0.05) is 10.7 Å². The molecule has 0 radical (unpaired) electrons. The smallest absolute Gasteiger partial charge is 0.280 e. The zero-order valence-corrected chi connectivity index (χ0v) is 12.4. The predicted octanol–water partition coefficient (Wildman–Crippen LogP) is 3.32. The van der Waals surface area contributed by atoms with Crippen molar-refractivity contribution in [3.8, 4) is 5.75 Å². The van der Waals surface area contributed by atoms with Crippen molar-refractivity contribution in [3.05, 3.63) is 28.8 Å². The molecule has 1 N–H and O–H groups in total. The van der Waals surface area contributed by atoms with Gasteiger partial charge in [0.05, 0.1) is 0 Å². The van der Waals surface area contributed by atoms with E-state index in [9.17, 15) is 4.79 Å². The van der Waals surface area contributed by atoms with E-state index in [4.69, 9.17) is 16.3 Å². The van der Waals surface area contributed by atoms with E-state index in [-0.39, 0.29) is 5.91 Å². The van der Waals surface area contributed by atoms with Gasteiger partial charge in [-0.05, 0) is 51.0 Å². The van der Waals surface area contributed by atoms with Gasteiger partial charge in [-0.15, -0.1) is 0 Å². The van der Waals surface area contributed by atoms with Gasteiger partial charge in [-0.25, -0.2) is 5.43 Å². The van der Waals surface area contributed by atoms with Gasteiger partial charge in [0.25, 0.3) is 5.91 Å². The average molecular weight is 283 g/mol. The Morgan fingerprint density at radius 2 is 2.21 bits per heavy atom. The second-order valence-electron chi connectivity index (χ2n) is 4.35. The van der Waals surface area contributed by atoms with E-state index in [1.807, 2.05) is 20.8 Å². The highest BCUT2D eigenvalue weighted by Crippen LogP contribution is 2.22. The molecule has 0 bridgehead atoms. The fraction of sp³-hybridized carbons (Fsp3) is 0.429. The Labute approximate surface area is 118 Å². The van der Waals surface area contributed by atoms with Crippen LogP contribution in [-0.4, -0.2) is 17.7 Å². The van der Waals surface area contributed by atoms with Crippen LogP contribution in [0.3, 0.4) is 0 Å². The number of rotatable bonds is 5. The van der Waals surface area contributed by atoms with E-state index in [1.54, 1.807) is 25.1 Å². The van der Waals surface area contributed by atoms with Crippen LogP contribution in [0.1, 0.15) is 32.8 Å². The van der Waals surface area contributed by atoms with Crippen LogP contribution in [0, 0.1) is 6.92 Å². The van der Waals surface area contributed by atoms with Crippen LogP contribution in [0.25, 0.3) is 0 Å². The lowest BCUT2D eigenvalue weighted by molar-refractivity contribution is -0.127. The van der Waals surface area contributed by atoms with Crippen LogP contribution in [0.4, 0.5) is 0 Å². The van der Waals surface area contributed by atoms with Gasteiger partial charge in [0.2, 0.25) is 0 Å². The molecule has 1 aromatic rings. The lowest BCUT2D eigenvalue weighted by atomic mass is 10.2. The number of hydrazone groups is 1. The number of hydrogen-bond donors (Lipinski definition) is 1. The van der Waals surface area contributed by atoms with Crippen molar-refractivity contribution >= 4 is 23.2 Å². The molecular weight excluding hydrogens is 264 g/mol. The second-order valence-corrected chi connectivity index (χ2v) is 4.78. The first-order chi connectivity index (χ1) is 8.93. The average Bonchev–Trinajstić information content (AvgIpc) is 2.38. The molecule has 1 rings (SSSR count). The number of nitrogens with zero attached hydrogens (tertiary/aromatic N) is 1. The Bertz CT molecular complexity index is 486. The van der Waals surface area contributed by atoms with Crippen LogP contribution in [0.2, 0.25) is 5.02 Å². The molecule has 1 aromatic carbocycles. The Morgan fingerprint density at radius 3 is 2.79 bits per heavy atom. The summed E-state index contributed by atoms with van der Waals surface area (Å²) in [5, 5.41) is 4.60. The maximum atomic E-state index is 11.8. The number of nitrogens with one attached hydrogen (secondary N) is 1. The highest BCUT2D eigenvalue weighted by Gasteiger charge is 2.15. The van der Waals surface area contributed by atoms with E-state index < -0.39 is 6.10 Å². The third-order valence-corrected chi connectivity index (χ3v) is 2.91. The summed E-state index contributed by atoms with van der Waals surface area (Å²) in [6, 6.07) is 5.27. The van der Waals surface area contributed by atoms with E-state index >= 15 is 0 Å². The summed E-state index contributed by atoms with van der Waals surface area (Å²) >= 11 is 5.86. The van der Waals surface area contributed by atoms with Gasteiger partial charge in [-0.3, -0.25) is 4.79 Å². The van der Waals surface area contributed by atoms with E-state index in [2.05, 4.69) is 10.5 Å². The summed E-state index contributed by atoms with van der Waals surface area (Å²) in [6.45, 7) is 7.39. The zero-order valence-electron chi connectivity index (χ0n) is 11.7. The van der Waals surface area contributed by atoms with Crippen molar-refractivity contribution < 1.29 is 9.53 Å². The SMILES string of the molecule is CC/C(C)=N/NC(=O)[C@H](C)Oc1ccc(Cl)cc1C. The largest absolute Gasteiger partial charge is 0.481 e. The molecule has 0 aliphatic rings. The van der Waals surface area contributed by atoms with Crippen LogP contribution in [-0.2, 0) is 4.79 Å².